The largest absolute Gasteiger partial charge is 0.496 e. The van der Waals surface area contributed by atoms with Crippen LogP contribution in [0, 0.1) is 0 Å². The summed E-state index contributed by atoms with van der Waals surface area (Å²) < 4.78 is 15.5. The van der Waals surface area contributed by atoms with Crippen molar-refractivity contribution in [3.63, 3.8) is 0 Å². The number of carbonyl (C=O) groups excluding carboxylic acids is 2. The zero-order chi connectivity index (χ0) is 17.6. The highest BCUT2D eigenvalue weighted by atomic mass is 16.5. The number of carbonyl (C=O) groups is 2. The van der Waals surface area contributed by atoms with E-state index in [1.807, 2.05) is 27.7 Å². The summed E-state index contributed by atoms with van der Waals surface area (Å²) in [6.45, 7) is 7.36. The second kappa shape index (κ2) is 8.41. The lowest BCUT2D eigenvalue weighted by Gasteiger charge is -2.30. The van der Waals surface area contributed by atoms with Gasteiger partial charge >= 0.3 is 5.97 Å². The van der Waals surface area contributed by atoms with Crippen molar-refractivity contribution >= 4 is 11.9 Å². The van der Waals surface area contributed by atoms with Crippen LogP contribution < -0.4 is 9.47 Å². The predicted molar refractivity (Wildman–Crippen MR) is 86.9 cm³/mol. The number of hydrogen-bond donors (Lipinski definition) is 0. The van der Waals surface area contributed by atoms with Gasteiger partial charge < -0.3 is 19.1 Å². The van der Waals surface area contributed by atoms with Crippen LogP contribution in [0.5, 0.6) is 11.5 Å². The topological polar surface area (TPSA) is 65.1 Å². The van der Waals surface area contributed by atoms with Crippen molar-refractivity contribution in [2.75, 3.05) is 20.8 Å². The van der Waals surface area contributed by atoms with E-state index in [1.54, 1.807) is 23.1 Å². The number of rotatable bonds is 7. The number of esters is 1. The highest BCUT2D eigenvalue weighted by Gasteiger charge is 2.24. The second-order valence-corrected chi connectivity index (χ2v) is 5.60. The Hall–Kier alpha value is -2.24. The minimum atomic E-state index is -0.653. The van der Waals surface area contributed by atoms with E-state index in [2.05, 4.69) is 0 Å². The van der Waals surface area contributed by atoms with E-state index in [9.17, 15) is 9.59 Å². The maximum atomic E-state index is 12.3. The van der Waals surface area contributed by atoms with E-state index >= 15 is 0 Å². The van der Waals surface area contributed by atoms with Crippen molar-refractivity contribution in [2.45, 2.75) is 39.8 Å². The molecule has 0 aliphatic carbocycles. The van der Waals surface area contributed by atoms with Gasteiger partial charge in [0, 0.05) is 12.1 Å². The molecule has 0 atom stereocenters. The van der Waals surface area contributed by atoms with Crippen LogP contribution >= 0.6 is 0 Å². The van der Waals surface area contributed by atoms with E-state index in [1.165, 1.54) is 14.2 Å². The standard InChI is InChI=1S/C17H25NO5/c1-11(2)18(12(3)4)15(19)10-23-17(20)16-13(21-5)8-7-9-14(16)22-6/h7-9,11-12H,10H2,1-6H3. The van der Waals surface area contributed by atoms with Crippen molar-refractivity contribution in [3.05, 3.63) is 23.8 Å². The van der Waals surface area contributed by atoms with Gasteiger partial charge in [-0.1, -0.05) is 6.07 Å². The Balaban J connectivity index is 2.87. The third-order valence-corrected chi connectivity index (χ3v) is 3.36. The van der Waals surface area contributed by atoms with Crippen LogP contribution in [0.25, 0.3) is 0 Å². The van der Waals surface area contributed by atoms with Gasteiger partial charge in [-0.3, -0.25) is 4.79 Å². The molecule has 0 spiro atoms. The number of ether oxygens (including phenoxy) is 3. The fourth-order valence-corrected chi connectivity index (χ4v) is 2.50. The molecular weight excluding hydrogens is 298 g/mol. The molecule has 23 heavy (non-hydrogen) atoms. The van der Waals surface area contributed by atoms with Crippen LogP contribution in [-0.2, 0) is 9.53 Å². The van der Waals surface area contributed by atoms with Crippen molar-refractivity contribution in [1.29, 1.82) is 0 Å². The lowest BCUT2D eigenvalue weighted by molar-refractivity contribution is -0.138. The minimum Gasteiger partial charge on any atom is -0.496 e. The molecule has 0 aromatic heterocycles. The number of hydrogen-bond acceptors (Lipinski definition) is 5. The van der Waals surface area contributed by atoms with Gasteiger partial charge in [0.05, 0.1) is 14.2 Å². The second-order valence-electron chi connectivity index (χ2n) is 5.60. The molecule has 0 saturated carbocycles. The summed E-state index contributed by atoms with van der Waals surface area (Å²) in [5, 5.41) is 0. The molecule has 0 unspecified atom stereocenters. The third-order valence-electron chi connectivity index (χ3n) is 3.36. The summed E-state index contributed by atoms with van der Waals surface area (Å²) >= 11 is 0. The molecule has 0 bridgehead atoms. The van der Waals surface area contributed by atoms with Crippen LogP contribution in [0.15, 0.2) is 18.2 Å². The Morgan fingerprint density at radius 2 is 1.48 bits per heavy atom. The Kier molecular flexibility index (Phi) is 6.88. The van der Waals surface area contributed by atoms with Gasteiger partial charge in [0.25, 0.3) is 5.91 Å². The minimum absolute atomic E-state index is 0.0296. The first kappa shape index (κ1) is 18.8. The molecular formula is C17H25NO5. The predicted octanol–water partition coefficient (Wildman–Crippen LogP) is 2.51. The first-order valence-electron chi connectivity index (χ1n) is 7.52. The third kappa shape index (κ3) is 4.61. The van der Waals surface area contributed by atoms with Crippen LogP contribution in [0.4, 0.5) is 0 Å². The van der Waals surface area contributed by atoms with Gasteiger partial charge in [0.1, 0.15) is 17.1 Å². The fourth-order valence-electron chi connectivity index (χ4n) is 2.50. The molecule has 0 fully saturated rings. The number of methoxy groups -OCH3 is 2. The average Bonchev–Trinajstić information content (AvgIpc) is 2.50. The molecule has 1 rings (SSSR count). The zero-order valence-electron chi connectivity index (χ0n) is 14.6. The number of nitrogens with zero attached hydrogens (tertiary/aromatic N) is 1. The maximum absolute atomic E-state index is 12.3. The highest BCUT2D eigenvalue weighted by molar-refractivity contribution is 5.96. The molecule has 0 N–H and O–H groups in total. The van der Waals surface area contributed by atoms with Crippen molar-refractivity contribution in [3.8, 4) is 11.5 Å². The summed E-state index contributed by atoms with van der Waals surface area (Å²) in [7, 11) is 2.91. The summed E-state index contributed by atoms with van der Waals surface area (Å²) in [6, 6.07) is 5.04. The Labute approximate surface area is 137 Å². The van der Waals surface area contributed by atoms with Gasteiger partial charge in [-0.2, -0.15) is 0 Å². The molecule has 0 radical (unpaired) electrons. The van der Waals surface area contributed by atoms with E-state index in [4.69, 9.17) is 14.2 Å². The first-order chi connectivity index (χ1) is 10.8. The smallest absolute Gasteiger partial charge is 0.346 e. The first-order valence-corrected chi connectivity index (χ1v) is 7.52. The van der Waals surface area contributed by atoms with Crippen LogP contribution in [0.1, 0.15) is 38.1 Å². The van der Waals surface area contributed by atoms with Crippen molar-refractivity contribution in [2.24, 2.45) is 0 Å². The van der Waals surface area contributed by atoms with Gasteiger partial charge in [0.15, 0.2) is 6.61 Å². The van der Waals surface area contributed by atoms with E-state index in [0.29, 0.717) is 11.5 Å². The van der Waals surface area contributed by atoms with Crippen molar-refractivity contribution < 1.29 is 23.8 Å². The highest BCUT2D eigenvalue weighted by Crippen LogP contribution is 2.28. The van der Waals surface area contributed by atoms with Crippen LogP contribution in [0.3, 0.4) is 0 Å². The van der Waals surface area contributed by atoms with E-state index in [0.717, 1.165) is 0 Å². The molecule has 128 valence electrons. The van der Waals surface area contributed by atoms with Crippen molar-refractivity contribution in [1.82, 2.24) is 4.90 Å². The van der Waals surface area contributed by atoms with Gasteiger partial charge in [-0.05, 0) is 39.8 Å². The van der Waals surface area contributed by atoms with Crippen LogP contribution in [0.2, 0.25) is 0 Å². The monoisotopic (exact) mass is 323 g/mol. The summed E-state index contributed by atoms with van der Waals surface area (Å²) in [6.07, 6.45) is 0. The number of amides is 1. The maximum Gasteiger partial charge on any atom is 0.346 e. The quantitative estimate of drug-likeness (QED) is 0.721. The Morgan fingerprint density at radius 3 is 1.87 bits per heavy atom. The van der Waals surface area contributed by atoms with Crippen LogP contribution in [-0.4, -0.2) is 49.7 Å². The molecule has 0 aliphatic heterocycles. The molecule has 1 aromatic rings. The molecule has 6 heteroatoms. The normalized spacial score (nSPS) is 10.6. The lowest BCUT2D eigenvalue weighted by atomic mass is 10.2. The molecule has 0 saturated heterocycles. The molecule has 6 nitrogen and oxygen atoms in total. The zero-order valence-corrected chi connectivity index (χ0v) is 14.6. The molecule has 0 aliphatic rings. The van der Waals surface area contributed by atoms with E-state index < -0.39 is 5.97 Å². The molecule has 0 heterocycles. The van der Waals surface area contributed by atoms with Gasteiger partial charge in [-0.15, -0.1) is 0 Å². The fraction of sp³-hybridized carbons (Fsp3) is 0.529. The Morgan fingerprint density at radius 1 is 1.00 bits per heavy atom. The lowest BCUT2D eigenvalue weighted by Crippen LogP contribution is -2.44. The Bertz CT molecular complexity index is 524. The van der Waals surface area contributed by atoms with Gasteiger partial charge in [-0.25, -0.2) is 4.79 Å². The summed E-state index contributed by atoms with van der Waals surface area (Å²) in [5.74, 6) is -0.213. The molecule has 1 aromatic carbocycles. The molecule has 1 amide bonds. The SMILES string of the molecule is COc1cccc(OC)c1C(=O)OCC(=O)N(C(C)C)C(C)C. The number of benzene rings is 1. The van der Waals surface area contributed by atoms with Gasteiger partial charge in [0.2, 0.25) is 0 Å². The average molecular weight is 323 g/mol. The summed E-state index contributed by atoms with van der Waals surface area (Å²) in [4.78, 5) is 26.2. The summed E-state index contributed by atoms with van der Waals surface area (Å²) in [5.41, 5.74) is 0.172. The van der Waals surface area contributed by atoms with E-state index in [-0.39, 0.29) is 30.2 Å².